The summed E-state index contributed by atoms with van der Waals surface area (Å²) < 4.78 is 0. The average molecular weight is 291 g/mol. The first-order chi connectivity index (χ1) is 9.45. The topological polar surface area (TPSA) is 32.3 Å². The predicted molar refractivity (Wildman–Crippen MR) is 84.3 cm³/mol. The predicted octanol–water partition coefficient (Wildman–Crippen LogP) is 4.39. The Hall–Kier alpha value is -1.74. The number of benzene rings is 1. The van der Waals surface area contributed by atoms with Gasteiger partial charge in [0.1, 0.15) is 0 Å². The molecule has 0 radical (unpaired) electrons. The van der Waals surface area contributed by atoms with Crippen LogP contribution in [0.25, 0.3) is 0 Å². The van der Waals surface area contributed by atoms with E-state index in [2.05, 4.69) is 11.9 Å². The van der Waals surface area contributed by atoms with Crippen molar-refractivity contribution in [1.82, 2.24) is 4.90 Å². The molecule has 1 aromatic carbocycles. The van der Waals surface area contributed by atoms with Crippen molar-refractivity contribution in [1.29, 1.82) is 0 Å². The maximum absolute atomic E-state index is 12.4. The van der Waals surface area contributed by atoms with Crippen molar-refractivity contribution in [3.8, 4) is 0 Å². The number of rotatable bonds is 2. The lowest BCUT2D eigenvalue weighted by atomic mass is 10.1. The van der Waals surface area contributed by atoms with E-state index in [1.807, 2.05) is 39.0 Å². The monoisotopic (exact) mass is 290 g/mol. The summed E-state index contributed by atoms with van der Waals surface area (Å²) in [4.78, 5) is 14.2. The van der Waals surface area contributed by atoms with E-state index < -0.39 is 0 Å². The van der Waals surface area contributed by atoms with Gasteiger partial charge < -0.3 is 10.2 Å². The van der Waals surface area contributed by atoms with Crippen molar-refractivity contribution in [3.63, 3.8) is 0 Å². The van der Waals surface area contributed by atoms with Crippen LogP contribution in [0.4, 0.5) is 10.5 Å². The quantitative estimate of drug-likeness (QED) is 0.861. The number of halogens is 1. The Morgan fingerprint density at radius 1 is 1.50 bits per heavy atom. The molecule has 106 valence electrons. The van der Waals surface area contributed by atoms with Gasteiger partial charge in [0.2, 0.25) is 0 Å². The van der Waals surface area contributed by atoms with Crippen molar-refractivity contribution in [2.75, 3.05) is 11.9 Å². The molecule has 3 nitrogen and oxygen atoms in total. The number of urea groups is 1. The number of amides is 2. The normalized spacial score (nSPS) is 18.4. The van der Waals surface area contributed by atoms with Gasteiger partial charge in [0.15, 0.2) is 0 Å². The molecular formula is C16H19ClN2O. The zero-order valence-electron chi connectivity index (χ0n) is 12.0. The molecule has 0 saturated heterocycles. The van der Waals surface area contributed by atoms with Crippen molar-refractivity contribution in [3.05, 3.63) is 52.6 Å². The van der Waals surface area contributed by atoms with E-state index in [9.17, 15) is 4.79 Å². The van der Waals surface area contributed by atoms with Crippen LogP contribution >= 0.6 is 11.6 Å². The SMILES string of the molecule is C=CC1=C(C)CN(C(=O)Nc2c(C)cccc2Cl)C1C. The van der Waals surface area contributed by atoms with E-state index in [-0.39, 0.29) is 12.1 Å². The van der Waals surface area contributed by atoms with Crippen molar-refractivity contribution in [2.24, 2.45) is 0 Å². The molecular weight excluding hydrogens is 272 g/mol. The maximum Gasteiger partial charge on any atom is 0.322 e. The molecule has 1 aliphatic heterocycles. The Morgan fingerprint density at radius 3 is 2.75 bits per heavy atom. The largest absolute Gasteiger partial charge is 0.322 e. The number of aryl methyl sites for hydroxylation is 1. The number of hydrogen-bond donors (Lipinski definition) is 1. The summed E-state index contributed by atoms with van der Waals surface area (Å²) in [5.74, 6) is 0. The Bertz CT molecular complexity index is 572. The van der Waals surface area contributed by atoms with Crippen LogP contribution in [-0.2, 0) is 0 Å². The molecule has 0 spiro atoms. The lowest BCUT2D eigenvalue weighted by molar-refractivity contribution is 0.212. The van der Waals surface area contributed by atoms with Crippen LogP contribution in [0.15, 0.2) is 42.0 Å². The third-order valence-electron chi connectivity index (χ3n) is 3.75. The van der Waals surface area contributed by atoms with Crippen molar-refractivity contribution >= 4 is 23.3 Å². The van der Waals surface area contributed by atoms with Crippen LogP contribution in [0.5, 0.6) is 0 Å². The second-order valence-electron chi connectivity index (χ2n) is 5.11. The molecule has 1 aromatic rings. The van der Waals surface area contributed by atoms with E-state index in [0.717, 1.165) is 11.1 Å². The highest BCUT2D eigenvalue weighted by atomic mass is 35.5. The van der Waals surface area contributed by atoms with E-state index >= 15 is 0 Å². The Labute approximate surface area is 124 Å². The molecule has 0 saturated carbocycles. The standard InChI is InChI=1S/C16H19ClN2O/c1-5-13-11(3)9-19(12(13)4)16(20)18-15-10(2)7-6-8-14(15)17/h5-8,12H,1,9H2,2-4H3,(H,18,20). The van der Waals surface area contributed by atoms with Gasteiger partial charge in [-0.2, -0.15) is 0 Å². The van der Waals surface area contributed by atoms with Gasteiger partial charge in [-0.3, -0.25) is 0 Å². The summed E-state index contributed by atoms with van der Waals surface area (Å²) in [6.45, 7) is 10.4. The van der Waals surface area contributed by atoms with Crippen LogP contribution in [0.3, 0.4) is 0 Å². The summed E-state index contributed by atoms with van der Waals surface area (Å²) in [7, 11) is 0. The highest BCUT2D eigenvalue weighted by molar-refractivity contribution is 6.33. The van der Waals surface area contributed by atoms with E-state index in [4.69, 9.17) is 11.6 Å². The average Bonchev–Trinajstić information content (AvgIpc) is 2.69. The lowest BCUT2D eigenvalue weighted by Crippen LogP contribution is -2.39. The molecule has 1 heterocycles. The fourth-order valence-corrected chi connectivity index (χ4v) is 2.84. The zero-order chi connectivity index (χ0) is 14.9. The minimum absolute atomic E-state index is 0.0373. The minimum atomic E-state index is -0.134. The van der Waals surface area contributed by atoms with Gasteiger partial charge >= 0.3 is 6.03 Å². The molecule has 0 aromatic heterocycles. The molecule has 2 rings (SSSR count). The number of carbonyl (C=O) groups is 1. The number of anilines is 1. The Kier molecular flexibility index (Phi) is 4.19. The van der Waals surface area contributed by atoms with Crippen LogP contribution < -0.4 is 5.32 Å². The second kappa shape index (κ2) is 5.71. The summed E-state index contributed by atoms with van der Waals surface area (Å²) >= 11 is 6.14. The van der Waals surface area contributed by atoms with Gasteiger partial charge in [0.05, 0.1) is 16.8 Å². The molecule has 1 unspecified atom stereocenters. The number of nitrogens with one attached hydrogen (secondary N) is 1. The maximum atomic E-state index is 12.4. The van der Waals surface area contributed by atoms with Crippen molar-refractivity contribution in [2.45, 2.75) is 26.8 Å². The minimum Gasteiger partial charge on any atom is -0.314 e. The van der Waals surface area contributed by atoms with E-state index in [1.165, 1.54) is 5.57 Å². The summed E-state index contributed by atoms with van der Waals surface area (Å²) in [6, 6.07) is 5.47. The molecule has 1 aliphatic rings. The fourth-order valence-electron chi connectivity index (χ4n) is 2.57. The van der Waals surface area contributed by atoms with Gasteiger partial charge in [-0.1, -0.05) is 36.4 Å². The first kappa shape index (κ1) is 14.7. The van der Waals surface area contributed by atoms with E-state index in [1.54, 1.807) is 11.0 Å². The van der Waals surface area contributed by atoms with Gasteiger partial charge in [0.25, 0.3) is 0 Å². The Balaban J connectivity index is 2.17. The molecule has 2 amide bonds. The third kappa shape index (κ3) is 2.59. The second-order valence-corrected chi connectivity index (χ2v) is 5.51. The van der Waals surface area contributed by atoms with Crippen LogP contribution in [0, 0.1) is 6.92 Å². The number of nitrogens with zero attached hydrogens (tertiary/aromatic N) is 1. The molecule has 0 aliphatic carbocycles. The molecule has 1 atom stereocenters. The zero-order valence-corrected chi connectivity index (χ0v) is 12.8. The fraction of sp³-hybridized carbons (Fsp3) is 0.312. The number of carbonyl (C=O) groups excluding carboxylic acids is 1. The molecule has 1 N–H and O–H groups in total. The first-order valence-corrected chi connectivity index (χ1v) is 6.98. The van der Waals surface area contributed by atoms with Crippen LogP contribution in [0.2, 0.25) is 5.02 Å². The summed E-state index contributed by atoms with van der Waals surface area (Å²) in [5, 5.41) is 3.46. The molecule has 4 heteroatoms. The van der Waals surface area contributed by atoms with Gasteiger partial charge in [-0.25, -0.2) is 4.79 Å². The van der Waals surface area contributed by atoms with Crippen LogP contribution in [0.1, 0.15) is 19.4 Å². The van der Waals surface area contributed by atoms with E-state index in [0.29, 0.717) is 17.3 Å². The molecule has 0 bridgehead atoms. The molecule has 20 heavy (non-hydrogen) atoms. The van der Waals surface area contributed by atoms with Gasteiger partial charge in [-0.15, -0.1) is 0 Å². The number of para-hydroxylation sites is 1. The lowest BCUT2D eigenvalue weighted by Gasteiger charge is -2.24. The van der Waals surface area contributed by atoms with Crippen LogP contribution in [-0.4, -0.2) is 23.5 Å². The highest BCUT2D eigenvalue weighted by Crippen LogP contribution is 2.28. The summed E-state index contributed by atoms with van der Waals surface area (Å²) in [6.07, 6.45) is 1.83. The van der Waals surface area contributed by atoms with Gasteiger partial charge in [0, 0.05) is 6.54 Å². The molecule has 0 fully saturated rings. The third-order valence-corrected chi connectivity index (χ3v) is 4.07. The number of hydrogen-bond acceptors (Lipinski definition) is 1. The van der Waals surface area contributed by atoms with Crippen molar-refractivity contribution < 1.29 is 4.79 Å². The smallest absolute Gasteiger partial charge is 0.314 e. The summed E-state index contributed by atoms with van der Waals surface area (Å²) in [5.41, 5.74) is 3.93. The van der Waals surface area contributed by atoms with Gasteiger partial charge in [-0.05, 0) is 43.5 Å². The highest BCUT2D eigenvalue weighted by Gasteiger charge is 2.29. The Morgan fingerprint density at radius 2 is 2.20 bits per heavy atom. The first-order valence-electron chi connectivity index (χ1n) is 6.60.